The highest BCUT2D eigenvalue weighted by Gasteiger charge is 2.20. The quantitative estimate of drug-likeness (QED) is 0.832. The molecule has 0 amide bonds. The van der Waals surface area contributed by atoms with Crippen LogP contribution in [-0.4, -0.2) is 31.8 Å². The second-order valence-electron chi connectivity index (χ2n) is 5.20. The van der Waals surface area contributed by atoms with Crippen LogP contribution in [-0.2, 0) is 24.2 Å². The number of pyridine rings is 1. The maximum absolute atomic E-state index is 5.07. The lowest BCUT2D eigenvalue weighted by Crippen LogP contribution is -2.31. The number of rotatable bonds is 6. The van der Waals surface area contributed by atoms with Crippen LogP contribution in [0.1, 0.15) is 16.0 Å². The SMILES string of the molecule is COCCNCc1cccnc1N1CCc2sccc2C1. The van der Waals surface area contributed by atoms with Gasteiger partial charge in [-0.2, -0.15) is 0 Å². The van der Waals surface area contributed by atoms with Crippen molar-refractivity contribution < 1.29 is 4.74 Å². The fraction of sp³-hybridized carbons (Fsp3) is 0.438. The van der Waals surface area contributed by atoms with Crippen LogP contribution in [0.15, 0.2) is 29.8 Å². The molecule has 1 aliphatic heterocycles. The van der Waals surface area contributed by atoms with Gasteiger partial charge in [-0.1, -0.05) is 6.07 Å². The molecule has 0 atom stereocenters. The first-order valence-electron chi connectivity index (χ1n) is 7.32. The highest BCUT2D eigenvalue weighted by Crippen LogP contribution is 2.28. The summed E-state index contributed by atoms with van der Waals surface area (Å²) in [6.07, 6.45) is 3.01. The van der Waals surface area contributed by atoms with Gasteiger partial charge in [0, 0.05) is 49.9 Å². The Kier molecular flexibility index (Phi) is 4.85. The van der Waals surface area contributed by atoms with Crippen LogP contribution in [0.4, 0.5) is 5.82 Å². The fourth-order valence-electron chi connectivity index (χ4n) is 2.68. The van der Waals surface area contributed by atoms with Crippen LogP contribution in [0.5, 0.6) is 0 Å². The van der Waals surface area contributed by atoms with Gasteiger partial charge < -0.3 is 15.0 Å². The minimum absolute atomic E-state index is 0.734. The van der Waals surface area contributed by atoms with Gasteiger partial charge in [0.1, 0.15) is 5.82 Å². The Labute approximate surface area is 129 Å². The molecule has 2 aromatic heterocycles. The predicted molar refractivity (Wildman–Crippen MR) is 86.9 cm³/mol. The Morgan fingerprint density at radius 3 is 3.29 bits per heavy atom. The number of hydrogen-bond acceptors (Lipinski definition) is 5. The van der Waals surface area contributed by atoms with Crippen molar-refractivity contribution in [1.82, 2.24) is 10.3 Å². The van der Waals surface area contributed by atoms with E-state index in [9.17, 15) is 0 Å². The molecule has 0 aromatic carbocycles. The lowest BCUT2D eigenvalue weighted by molar-refractivity contribution is 0.199. The van der Waals surface area contributed by atoms with Crippen LogP contribution in [0.2, 0.25) is 0 Å². The molecule has 0 fully saturated rings. The average molecular weight is 303 g/mol. The summed E-state index contributed by atoms with van der Waals surface area (Å²) in [4.78, 5) is 8.54. The molecule has 5 heteroatoms. The van der Waals surface area contributed by atoms with Crippen molar-refractivity contribution in [3.63, 3.8) is 0 Å². The summed E-state index contributed by atoms with van der Waals surface area (Å²) < 4.78 is 5.07. The van der Waals surface area contributed by atoms with Gasteiger partial charge in [0.25, 0.3) is 0 Å². The lowest BCUT2D eigenvalue weighted by Gasteiger charge is -2.29. The molecule has 0 bridgehead atoms. The number of hydrogen-bond donors (Lipinski definition) is 1. The van der Waals surface area contributed by atoms with Crippen molar-refractivity contribution in [3.05, 3.63) is 45.8 Å². The van der Waals surface area contributed by atoms with E-state index in [-0.39, 0.29) is 0 Å². The topological polar surface area (TPSA) is 37.4 Å². The van der Waals surface area contributed by atoms with Crippen LogP contribution >= 0.6 is 11.3 Å². The number of nitrogens with zero attached hydrogens (tertiary/aromatic N) is 2. The third kappa shape index (κ3) is 3.43. The number of nitrogens with one attached hydrogen (secondary N) is 1. The summed E-state index contributed by atoms with van der Waals surface area (Å²) >= 11 is 1.87. The summed E-state index contributed by atoms with van der Waals surface area (Å²) in [6, 6.07) is 6.41. The van der Waals surface area contributed by atoms with E-state index in [1.807, 2.05) is 23.6 Å². The third-order valence-electron chi connectivity index (χ3n) is 3.77. The molecular formula is C16H21N3OS. The molecule has 3 heterocycles. The predicted octanol–water partition coefficient (Wildman–Crippen LogP) is 2.44. The smallest absolute Gasteiger partial charge is 0.133 e. The summed E-state index contributed by atoms with van der Waals surface area (Å²) in [7, 11) is 1.73. The molecule has 0 unspecified atom stereocenters. The van der Waals surface area contributed by atoms with E-state index in [0.29, 0.717) is 0 Å². The maximum atomic E-state index is 5.07. The number of anilines is 1. The normalized spacial score (nSPS) is 14.2. The van der Waals surface area contributed by atoms with Crippen LogP contribution in [0, 0.1) is 0 Å². The van der Waals surface area contributed by atoms with Gasteiger partial charge in [0.05, 0.1) is 6.61 Å². The standard InChI is InChI=1S/C16H21N3OS/c1-20-9-7-17-11-13-3-2-6-18-16(13)19-8-4-15-14(12-19)5-10-21-15/h2-3,5-6,10,17H,4,7-9,11-12H2,1H3. The molecule has 0 saturated carbocycles. The summed E-state index contributed by atoms with van der Waals surface area (Å²) in [5.41, 5.74) is 2.71. The molecule has 112 valence electrons. The van der Waals surface area contributed by atoms with E-state index in [0.717, 1.165) is 45.0 Å². The molecule has 0 aliphatic carbocycles. The third-order valence-corrected chi connectivity index (χ3v) is 4.80. The highest BCUT2D eigenvalue weighted by molar-refractivity contribution is 7.10. The van der Waals surface area contributed by atoms with E-state index in [1.165, 1.54) is 16.0 Å². The Bertz CT molecular complexity index is 584. The zero-order chi connectivity index (χ0) is 14.5. The zero-order valence-electron chi connectivity index (χ0n) is 12.3. The minimum Gasteiger partial charge on any atom is -0.383 e. The van der Waals surface area contributed by atoms with Crippen molar-refractivity contribution in [2.75, 3.05) is 31.7 Å². The lowest BCUT2D eigenvalue weighted by atomic mass is 10.1. The first-order chi connectivity index (χ1) is 10.4. The van der Waals surface area contributed by atoms with Gasteiger partial charge in [-0.05, 0) is 29.5 Å². The van der Waals surface area contributed by atoms with Gasteiger partial charge in [-0.15, -0.1) is 11.3 Å². The molecule has 0 radical (unpaired) electrons. The van der Waals surface area contributed by atoms with E-state index < -0.39 is 0 Å². The Morgan fingerprint density at radius 1 is 1.43 bits per heavy atom. The fourth-order valence-corrected chi connectivity index (χ4v) is 3.57. The van der Waals surface area contributed by atoms with Crippen LogP contribution < -0.4 is 10.2 Å². The Morgan fingerprint density at radius 2 is 2.38 bits per heavy atom. The molecule has 0 saturated heterocycles. The molecule has 4 nitrogen and oxygen atoms in total. The van der Waals surface area contributed by atoms with E-state index in [2.05, 4.69) is 32.7 Å². The molecule has 0 spiro atoms. The van der Waals surface area contributed by atoms with Crippen molar-refractivity contribution in [2.45, 2.75) is 19.5 Å². The first-order valence-corrected chi connectivity index (χ1v) is 8.20. The highest BCUT2D eigenvalue weighted by atomic mass is 32.1. The zero-order valence-corrected chi connectivity index (χ0v) is 13.2. The van der Waals surface area contributed by atoms with Crippen LogP contribution in [0.3, 0.4) is 0 Å². The monoisotopic (exact) mass is 303 g/mol. The number of thiophene rings is 1. The van der Waals surface area contributed by atoms with Gasteiger partial charge >= 0.3 is 0 Å². The summed E-state index contributed by atoms with van der Waals surface area (Å²) in [5.74, 6) is 1.11. The molecule has 1 aliphatic rings. The number of aromatic nitrogens is 1. The summed E-state index contributed by atoms with van der Waals surface area (Å²) in [5, 5.41) is 5.60. The van der Waals surface area contributed by atoms with Crippen LogP contribution in [0.25, 0.3) is 0 Å². The minimum atomic E-state index is 0.734. The van der Waals surface area contributed by atoms with E-state index in [4.69, 9.17) is 4.74 Å². The molecule has 3 rings (SSSR count). The number of fused-ring (bicyclic) bond motifs is 1. The average Bonchev–Trinajstić information content (AvgIpc) is 2.99. The molecule has 21 heavy (non-hydrogen) atoms. The van der Waals surface area contributed by atoms with Gasteiger partial charge in [0.15, 0.2) is 0 Å². The maximum Gasteiger partial charge on any atom is 0.133 e. The van der Waals surface area contributed by atoms with E-state index >= 15 is 0 Å². The van der Waals surface area contributed by atoms with Gasteiger partial charge in [-0.25, -0.2) is 4.98 Å². The molecule has 1 N–H and O–H groups in total. The van der Waals surface area contributed by atoms with Gasteiger partial charge in [0.2, 0.25) is 0 Å². The second kappa shape index (κ2) is 7.02. The second-order valence-corrected chi connectivity index (χ2v) is 6.20. The van der Waals surface area contributed by atoms with Gasteiger partial charge in [-0.3, -0.25) is 0 Å². The number of ether oxygens (including phenoxy) is 1. The summed E-state index contributed by atoms with van der Waals surface area (Å²) in [6.45, 7) is 4.45. The Balaban J connectivity index is 1.70. The molecular weight excluding hydrogens is 282 g/mol. The van der Waals surface area contributed by atoms with Crippen molar-refractivity contribution in [3.8, 4) is 0 Å². The first kappa shape index (κ1) is 14.5. The van der Waals surface area contributed by atoms with Crippen molar-refractivity contribution in [2.24, 2.45) is 0 Å². The largest absolute Gasteiger partial charge is 0.383 e. The van der Waals surface area contributed by atoms with Crippen molar-refractivity contribution >= 4 is 17.2 Å². The van der Waals surface area contributed by atoms with E-state index in [1.54, 1.807) is 7.11 Å². The molecule has 2 aromatic rings. The number of methoxy groups -OCH3 is 1. The Hall–Kier alpha value is -1.43. The van der Waals surface area contributed by atoms with Crippen molar-refractivity contribution in [1.29, 1.82) is 0 Å².